The Morgan fingerprint density at radius 1 is 1.11 bits per heavy atom. The first-order chi connectivity index (χ1) is 16.7. The summed E-state index contributed by atoms with van der Waals surface area (Å²) < 4.78 is 55.3. The topological polar surface area (TPSA) is 78.6 Å². The van der Waals surface area contributed by atoms with Crippen molar-refractivity contribution in [2.45, 2.75) is 19.6 Å². The van der Waals surface area contributed by atoms with Crippen LogP contribution in [0.5, 0.6) is 0 Å². The van der Waals surface area contributed by atoms with E-state index in [1.54, 1.807) is 6.07 Å². The zero-order valence-electron chi connectivity index (χ0n) is 19.4. The van der Waals surface area contributed by atoms with Crippen molar-refractivity contribution in [3.63, 3.8) is 0 Å². The molecule has 1 saturated heterocycles. The van der Waals surface area contributed by atoms with Gasteiger partial charge < -0.3 is 19.1 Å². The van der Waals surface area contributed by atoms with Gasteiger partial charge in [-0.15, -0.1) is 10.2 Å². The zero-order chi connectivity index (χ0) is 25.4. The number of benzene rings is 1. The smallest absolute Gasteiger partial charge is 0.413 e. The largest absolute Gasteiger partial charge is 0.470 e. The minimum Gasteiger partial charge on any atom is -0.413 e. The number of amides is 1. The van der Waals surface area contributed by atoms with E-state index < -0.39 is 17.9 Å². The van der Waals surface area contributed by atoms with Crippen molar-refractivity contribution in [1.82, 2.24) is 25.0 Å². The Labute approximate surface area is 200 Å². The number of likely N-dealkylation sites (N-methyl/N-ethyl adjacent to an activating group) is 2. The van der Waals surface area contributed by atoms with Gasteiger partial charge in [-0.2, -0.15) is 13.2 Å². The molecule has 0 bridgehead atoms. The molecule has 1 aliphatic heterocycles. The van der Waals surface area contributed by atoms with E-state index in [9.17, 15) is 22.4 Å². The summed E-state index contributed by atoms with van der Waals surface area (Å²) in [6, 6.07) is 8.39. The van der Waals surface area contributed by atoms with Crippen molar-refractivity contribution in [1.29, 1.82) is 0 Å². The van der Waals surface area contributed by atoms with Gasteiger partial charge in [-0.1, -0.05) is 13.0 Å². The highest BCUT2D eigenvalue weighted by Gasteiger charge is 2.38. The fourth-order valence-electron chi connectivity index (χ4n) is 3.28. The Balaban J connectivity index is 0.000000320. The van der Waals surface area contributed by atoms with Crippen LogP contribution in [0.1, 0.15) is 18.5 Å². The second kappa shape index (κ2) is 11.8. The fourth-order valence-corrected chi connectivity index (χ4v) is 3.28. The van der Waals surface area contributed by atoms with Gasteiger partial charge in [-0.3, -0.25) is 9.78 Å². The van der Waals surface area contributed by atoms with E-state index in [0.29, 0.717) is 17.8 Å². The summed E-state index contributed by atoms with van der Waals surface area (Å²) >= 11 is 0. The molecule has 8 nitrogen and oxygen atoms in total. The summed E-state index contributed by atoms with van der Waals surface area (Å²) in [5, 5.41) is 6.27. The molecule has 0 saturated carbocycles. The SMILES string of the molecule is CCN1CCN(C)CC1.O=CN(Cc1ccc(-c2nnc(C(F)(F)F)o2)cn1)c1cccc(F)c1. The van der Waals surface area contributed by atoms with Crippen molar-refractivity contribution >= 4 is 12.1 Å². The lowest BCUT2D eigenvalue weighted by Gasteiger charge is -2.31. The molecular formula is C23H26F4N6O2. The van der Waals surface area contributed by atoms with E-state index >= 15 is 0 Å². The van der Waals surface area contributed by atoms with Gasteiger partial charge in [-0.25, -0.2) is 4.39 Å². The van der Waals surface area contributed by atoms with Gasteiger partial charge in [0, 0.05) is 38.1 Å². The number of halogens is 4. The minimum atomic E-state index is -4.73. The highest BCUT2D eigenvalue weighted by molar-refractivity contribution is 5.74. The van der Waals surface area contributed by atoms with Crippen LogP contribution < -0.4 is 4.90 Å². The lowest BCUT2D eigenvalue weighted by atomic mass is 10.2. The molecule has 12 heteroatoms. The molecule has 0 aliphatic carbocycles. The van der Waals surface area contributed by atoms with Gasteiger partial charge >= 0.3 is 12.1 Å². The number of aromatic nitrogens is 3. The van der Waals surface area contributed by atoms with Crippen LogP contribution >= 0.6 is 0 Å². The van der Waals surface area contributed by atoms with Crippen molar-refractivity contribution in [2.24, 2.45) is 0 Å². The fraction of sp³-hybridized carbons (Fsp3) is 0.391. The number of carbonyl (C=O) groups excluding carboxylic acids is 1. The maximum absolute atomic E-state index is 13.3. The molecule has 0 atom stereocenters. The van der Waals surface area contributed by atoms with Crippen LogP contribution in [-0.4, -0.2) is 71.2 Å². The van der Waals surface area contributed by atoms with Gasteiger partial charge in [0.25, 0.3) is 0 Å². The summed E-state index contributed by atoms with van der Waals surface area (Å²) in [6.07, 6.45) is -2.95. The Morgan fingerprint density at radius 2 is 1.86 bits per heavy atom. The Hall–Kier alpha value is -3.38. The van der Waals surface area contributed by atoms with Crippen molar-refractivity contribution in [3.8, 4) is 11.5 Å². The first-order valence-electron chi connectivity index (χ1n) is 10.9. The second-order valence-corrected chi connectivity index (χ2v) is 7.90. The van der Waals surface area contributed by atoms with E-state index in [1.165, 1.54) is 74.2 Å². The molecule has 4 rings (SSSR count). The monoisotopic (exact) mass is 494 g/mol. The molecule has 1 fully saturated rings. The maximum Gasteiger partial charge on any atom is 0.470 e. The highest BCUT2D eigenvalue weighted by Crippen LogP contribution is 2.30. The maximum atomic E-state index is 13.3. The zero-order valence-corrected chi connectivity index (χ0v) is 19.4. The molecule has 188 valence electrons. The molecule has 0 radical (unpaired) electrons. The third-order valence-electron chi connectivity index (χ3n) is 5.38. The molecule has 1 aromatic carbocycles. The number of hydrogen-bond donors (Lipinski definition) is 0. The second-order valence-electron chi connectivity index (χ2n) is 7.90. The lowest BCUT2D eigenvalue weighted by Crippen LogP contribution is -2.44. The molecule has 3 aromatic rings. The van der Waals surface area contributed by atoms with Gasteiger partial charge in [0.05, 0.1) is 17.8 Å². The van der Waals surface area contributed by atoms with Crippen molar-refractivity contribution < 1.29 is 26.8 Å². The van der Waals surface area contributed by atoms with E-state index in [0.717, 1.165) is 0 Å². The first kappa shape index (κ1) is 26.2. The van der Waals surface area contributed by atoms with Crippen LogP contribution in [-0.2, 0) is 17.5 Å². The van der Waals surface area contributed by atoms with Gasteiger partial charge in [-0.05, 0) is 43.9 Å². The quantitative estimate of drug-likeness (QED) is 0.382. The number of anilines is 1. The van der Waals surface area contributed by atoms with Crippen LogP contribution in [0.15, 0.2) is 47.0 Å². The molecule has 0 N–H and O–H groups in total. The van der Waals surface area contributed by atoms with E-state index in [2.05, 4.69) is 43.4 Å². The molecule has 1 aliphatic rings. The van der Waals surface area contributed by atoms with E-state index in [1.807, 2.05) is 0 Å². The van der Waals surface area contributed by atoms with Crippen LogP contribution in [0.4, 0.5) is 23.2 Å². The van der Waals surface area contributed by atoms with Gasteiger partial charge in [0.15, 0.2) is 0 Å². The number of carbonyl (C=O) groups is 1. The summed E-state index contributed by atoms with van der Waals surface area (Å²) in [7, 11) is 2.19. The average Bonchev–Trinajstić information content (AvgIpc) is 3.35. The number of piperazine rings is 1. The Kier molecular flexibility index (Phi) is 8.88. The average molecular weight is 494 g/mol. The van der Waals surface area contributed by atoms with Gasteiger partial charge in [0.2, 0.25) is 12.3 Å². The van der Waals surface area contributed by atoms with Crippen LogP contribution in [0.2, 0.25) is 0 Å². The predicted molar refractivity (Wildman–Crippen MR) is 121 cm³/mol. The highest BCUT2D eigenvalue weighted by atomic mass is 19.4. The van der Waals surface area contributed by atoms with Crippen LogP contribution in [0, 0.1) is 5.82 Å². The molecule has 0 unspecified atom stereocenters. The standard InChI is InChI=1S/C16H10F4N4O2.C7H16N2/c17-11-2-1-3-13(6-11)24(9-25)8-12-5-4-10(7-21-12)14-22-23-15(26-14)16(18,19)20;1-3-9-6-4-8(2)5-7-9/h1-7,9H,8H2;3-7H2,1-2H3. The molecular weight excluding hydrogens is 468 g/mol. The van der Waals surface area contributed by atoms with Crippen molar-refractivity contribution in [2.75, 3.05) is 44.7 Å². The molecule has 35 heavy (non-hydrogen) atoms. The third-order valence-corrected chi connectivity index (χ3v) is 5.38. The first-order valence-corrected chi connectivity index (χ1v) is 10.9. The molecule has 2 aromatic heterocycles. The van der Waals surface area contributed by atoms with Gasteiger partial charge in [0.1, 0.15) is 5.82 Å². The van der Waals surface area contributed by atoms with Crippen LogP contribution in [0.3, 0.4) is 0 Å². The number of alkyl halides is 3. The number of rotatable bonds is 6. The normalized spacial score (nSPS) is 14.8. The lowest BCUT2D eigenvalue weighted by molar-refractivity contribution is -0.156. The van der Waals surface area contributed by atoms with E-state index in [-0.39, 0.29) is 18.0 Å². The summed E-state index contributed by atoms with van der Waals surface area (Å²) in [5.74, 6) is -2.27. The number of hydrogen-bond acceptors (Lipinski definition) is 7. The predicted octanol–water partition coefficient (Wildman–Crippen LogP) is 3.71. The Morgan fingerprint density at radius 3 is 2.40 bits per heavy atom. The summed E-state index contributed by atoms with van der Waals surface area (Å²) in [4.78, 5) is 21.4. The van der Waals surface area contributed by atoms with Crippen LogP contribution in [0.25, 0.3) is 11.5 Å². The van der Waals surface area contributed by atoms with Crippen molar-refractivity contribution in [3.05, 3.63) is 60.0 Å². The number of nitrogens with zero attached hydrogens (tertiary/aromatic N) is 6. The minimum absolute atomic E-state index is 0.0465. The Bertz CT molecular complexity index is 1080. The summed E-state index contributed by atoms with van der Waals surface area (Å²) in [5.41, 5.74) is 0.971. The molecule has 0 spiro atoms. The van der Waals surface area contributed by atoms with E-state index in [4.69, 9.17) is 0 Å². The number of pyridine rings is 1. The third kappa shape index (κ3) is 7.55. The molecule has 1 amide bonds. The summed E-state index contributed by atoms with van der Waals surface area (Å²) in [6.45, 7) is 8.49. The molecule has 3 heterocycles.